The van der Waals surface area contributed by atoms with E-state index in [1.54, 1.807) is 16.4 Å². The van der Waals surface area contributed by atoms with Crippen LogP contribution < -0.4 is 15.1 Å². The van der Waals surface area contributed by atoms with Crippen molar-refractivity contribution in [2.24, 2.45) is 0 Å². The first-order chi connectivity index (χ1) is 16.3. The van der Waals surface area contributed by atoms with Crippen LogP contribution in [0.4, 0.5) is 17.1 Å². The first-order valence-corrected chi connectivity index (χ1v) is 13.7. The van der Waals surface area contributed by atoms with E-state index in [0.717, 1.165) is 67.8 Å². The van der Waals surface area contributed by atoms with Crippen molar-refractivity contribution in [2.45, 2.75) is 50.3 Å². The molecular weight excluding hydrogens is 448 g/mol. The summed E-state index contributed by atoms with van der Waals surface area (Å²) in [6.07, 6.45) is 6.12. The zero-order valence-corrected chi connectivity index (χ0v) is 21.3. The zero-order chi connectivity index (χ0) is 24.3. The molecule has 8 heteroatoms. The van der Waals surface area contributed by atoms with Gasteiger partial charge >= 0.3 is 0 Å². The van der Waals surface area contributed by atoms with Crippen molar-refractivity contribution in [2.75, 3.05) is 55.4 Å². The van der Waals surface area contributed by atoms with E-state index in [1.807, 2.05) is 50.2 Å². The molecular formula is C26H36N4O3S. The molecule has 2 fully saturated rings. The van der Waals surface area contributed by atoms with Gasteiger partial charge < -0.3 is 15.1 Å². The number of rotatable bonds is 6. The minimum Gasteiger partial charge on any atom is -0.378 e. The molecule has 1 N–H and O–H groups in total. The molecule has 0 atom stereocenters. The van der Waals surface area contributed by atoms with E-state index < -0.39 is 10.0 Å². The van der Waals surface area contributed by atoms with Gasteiger partial charge in [0.1, 0.15) is 0 Å². The highest BCUT2D eigenvalue weighted by Crippen LogP contribution is 2.30. The van der Waals surface area contributed by atoms with E-state index in [2.05, 4.69) is 10.2 Å². The van der Waals surface area contributed by atoms with Crippen molar-refractivity contribution >= 4 is 33.0 Å². The smallest absolute Gasteiger partial charge is 0.257 e. The highest BCUT2D eigenvalue weighted by atomic mass is 32.2. The first-order valence-electron chi connectivity index (χ1n) is 12.3. The van der Waals surface area contributed by atoms with E-state index in [-0.39, 0.29) is 10.8 Å². The summed E-state index contributed by atoms with van der Waals surface area (Å²) >= 11 is 0. The molecule has 0 unspecified atom stereocenters. The fraction of sp³-hybridized carbons (Fsp3) is 0.500. The van der Waals surface area contributed by atoms with Gasteiger partial charge in [0.2, 0.25) is 10.0 Å². The summed E-state index contributed by atoms with van der Waals surface area (Å²) in [7, 11) is 0.324. The van der Waals surface area contributed by atoms with Gasteiger partial charge in [-0.25, -0.2) is 8.42 Å². The summed E-state index contributed by atoms with van der Waals surface area (Å²) in [4.78, 5) is 18.0. The van der Waals surface area contributed by atoms with Gasteiger partial charge in [-0.05, 0) is 81.0 Å². The number of benzene rings is 2. The standard InChI is InChI=1S/C26H36N4O3S/c1-20-18-21(28(2)3)10-12-24(20)27-26(31)23-19-22(34(32,33)30-16-8-5-9-17-30)11-13-25(23)29-14-6-4-7-15-29/h10-13,18-19H,4-9,14-17H2,1-3H3,(H,27,31). The number of sulfonamides is 1. The molecule has 2 aromatic rings. The predicted molar refractivity (Wildman–Crippen MR) is 139 cm³/mol. The number of amides is 1. The van der Waals surface area contributed by atoms with Crippen LogP contribution in [0.3, 0.4) is 0 Å². The number of hydrogen-bond acceptors (Lipinski definition) is 5. The molecule has 4 rings (SSSR count). The topological polar surface area (TPSA) is 73.0 Å². The number of hydrogen-bond donors (Lipinski definition) is 1. The lowest BCUT2D eigenvalue weighted by molar-refractivity contribution is 0.102. The Labute approximate surface area is 203 Å². The molecule has 0 spiro atoms. The van der Waals surface area contributed by atoms with Crippen LogP contribution >= 0.6 is 0 Å². The van der Waals surface area contributed by atoms with E-state index in [1.165, 1.54) is 6.42 Å². The van der Waals surface area contributed by atoms with Gasteiger partial charge in [0.05, 0.1) is 10.5 Å². The molecule has 7 nitrogen and oxygen atoms in total. The number of carbonyl (C=O) groups is 1. The van der Waals surface area contributed by atoms with Gasteiger partial charge in [-0.15, -0.1) is 0 Å². The Morgan fingerprint density at radius 1 is 0.882 bits per heavy atom. The number of carbonyl (C=O) groups excluding carboxylic acids is 1. The molecule has 1 amide bonds. The normalized spacial score (nSPS) is 17.4. The lowest BCUT2D eigenvalue weighted by Gasteiger charge is -2.31. The summed E-state index contributed by atoms with van der Waals surface area (Å²) in [6.45, 7) is 4.78. The highest BCUT2D eigenvalue weighted by Gasteiger charge is 2.28. The molecule has 2 heterocycles. The van der Waals surface area contributed by atoms with E-state index >= 15 is 0 Å². The van der Waals surface area contributed by atoms with Gasteiger partial charge in [0.25, 0.3) is 5.91 Å². The van der Waals surface area contributed by atoms with Crippen molar-refractivity contribution < 1.29 is 13.2 Å². The van der Waals surface area contributed by atoms with Gasteiger partial charge in [0, 0.05) is 57.3 Å². The fourth-order valence-corrected chi connectivity index (χ4v) is 6.32. The van der Waals surface area contributed by atoms with E-state index in [0.29, 0.717) is 18.7 Å². The maximum absolute atomic E-state index is 13.5. The molecule has 0 saturated carbocycles. The Morgan fingerprint density at radius 3 is 2.15 bits per heavy atom. The van der Waals surface area contributed by atoms with Crippen LogP contribution in [-0.2, 0) is 10.0 Å². The molecule has 0 aliphatic carbocycles. The molecule has 2 aromatic carbocycles. The third-order valence-electron chi connectivity index (χ3n) is 6.84. The molecule has 2 aliphatic rings. The summed E-state index contributed by atoms with van der Waals surface area (Å²) < 4.78 is 28.2. The van der Waals surface area contributed by atoms with Gasteiger partial charge in [0.15, 0.2) is 0 Å². The third kappa shape index (κ3) is 5.23. The molecule has 184 valence electrons. The molecule has 0 aromatic heterocycles. The monoisotopic (exact) mass is 484 g/mol. The second-order valence-corrected chi connectivity index (χ2v) is 11.5. The van der Waals surface area contributed by atoms with E-state index in [4.69, 9.17) is 0 Å². The van der Waals surface area contributed by atoms with Crippen molar-refractivity contribution in [1.29, 1.82) is 0 Å². The van der Waals surface area contributed by atoms with Crippen LogP contribution in [0.15, 0.2) is 41.3 Å². The summed E-state index contributed by atoms with van der Waals surface area (Å²) in [5, 5.41) is 3.04. The number of anilines is 3. The number of nitrogens with zero attached hydrogens (tertiary/aromatic N) is 3. The average Bonchev–Trinajstić information content (AvgIpc) is 2.85. The summed E-state index contributed by atoms with van der Waals surface area (Å²) in [5.41, 5.74) is 3.95. The van der Waals surface area contributed by atoms with Crippen LogP contribution in [0.2, 0.25) is 0 Å². The molecule has 34 heavy (non-hydrogen) atoms. The van der Waals surface area contributed by atoms with Gasteiger partial charge in [-0.3, -0.25) is 4.79 Å². The lowest BCUT2D eigenvalue weighted by Crippen LogP contribution is -2.36. The van der Waals surface area contributed by atoms with Crippen LogP contribution in [-0.4, -0.2) is 58.9 Å². The molecule has 2 aliphatic heterocycles. The van der Waals surface area contributed by atoms with Crippen LogP contribution in [0.25, 0.3) is 0 Å². The van der Waals surface area contributed by atoms with Gasteiger partial charge in [-0.2, -0.15) is 4.31 Å². The second kappa shape index (κ2) is 10.4. The third-order valence-corrected chi connectivity index (χ3v) is 8.73. The maximum atomic E-state index is 13.5. The Morgan fingerprint density at radius 2 is 1.53 bits per heavy atom. The Kier molecular flexibility index (Phi) is 7.48. The summed E-state index contributed by atoms with van der Waals surface area (Å²) in [6, 6.07) is 11.0. The highest BCUT2D eigenvalue weighted by molar-refractivity contribution is 7.89. The first kappa shape index (κ1) is 24.5. The molecule has 0 radical (unpaired) electrons. The predicted octanol–water partition coefficient (Wildman–Crippen LogP) is 4.48. The molecule has 2 saturated heterocycles. The van der Waals surface area contributed by atoms with E-state index in [9.17, 15) is 13.2 Å². The molecule has 0 bridgehead atoms. The number of piperidine rings is 2. The minimum absolute atomic E-state index is 0.194. The van der Waals surface area contributed by atoms with Crippen molar-refractivity contribution in [3.05, 3.63) is 47.5 Å². The van der Waals surface area contributed by atoms with Gasteiger partial charge in [-0.1, -0.05) is 6.42 Å². The van der Waals surface area contributed by atoms with Crippen molar-refractivity contribution in [3.8, 4) is 0 Å². The maximum Gasteiger partial charge on any atom is 0.257 e. The van der Waals surface area contributed by atoms with Crippen LogP contribution in [0.5, 0.6) is 0 Å². The minimum atomic E-state index is -3.63. The SMILES string of the molecule is Cc1cc(N(C)C)ccc1NC(=O)c1cc(S(=O)(=O)N2CCCCC2)ccc1N1CCCCC1. The lowest BCUT2D eigenvalue weighted by atomic mass is 10.1. The van der Waals surface area contributed by atoms with Crippen molar-refractivity contribution in [3.63, 3.8) is 0 Å². The Bertz CT molecular complexity index is 1130. The van der Waals surface area contributed by atoms with Crippen LogP contribution in [0.1, 0.15) is 54.4 Å². The Hall–Kier alpha value is -2.58. The second-order valence-electron chi connectivity index (χ2n) is 9.54. The fourth-order valence-electron chi connectivity index (χ4n) is 4.78. The van der Waals surface area contributed by atoms with Crippen molar-refractivity contribution in [1.82, 2.24) is 4.31 Å². The number of aryl methyl sites for hydroxylation is 1. The Balaban J connectivity index is 1.69. The van der Waals surface area contributed by atoms with Crippen LogP contribution in [0, 0.1) is 6.92 Å². The average molecular weight is 485 g/mol. The largest absolute Gasteiger partial charge is 0.378 e. The zero-order valence-electron chi connectivity index (χ0n) is 20.5. The quantitative estimate of drug-likeness (QED) is 0.655. The number of nitrogens with one attached hydrogen (secondary N) is 1. The summed E-state index contributed by atoms with van der Waals surface area (Å²) in [5.74, 6) is -0.281.